The van der Waals surface area contributed by atoms with Crippen molar-refractivity contribution < 1.29 is 9.53 Å². The average Bonchev–Trinajstić information content (AvgIpc) is 2.89. The number of carbonyl (C=O) groups excluding carboxylic acids is 1. The lowest BCUT2D eigenvalue weighted by molar-refractivity contribution is 0.0594. The molecule has 0 N–H and O–H groups in total. The van der Waals surface area contributed by atoms with E-state index in [4.69, 9.17) is 0 Å². The summed E-state index contributed by atoms with van der Waals surface area (Å²) < 4.78 is 4.64. The number of ether oxygens (including phenoxy) is 1. The summed E-state index contributed by atoms with van der Waals surface area (Å²) in [6.45, 7) is 1.91. The second-order valence-electron chi connectivity index (χ2n) is 3.22. The normalized spacial score (nSPS) is 15.8. The first-order valence-electron chi connectivity index (χ1n) is 4.28. The molecule has 1 aliphatic carbocycles. The van der Waals surface area contributed by atoms with Crippen LogP contribution in [0.4, 0.5) is 0 Å². The Labute approximate surface area is 80.8 Å². The minimum Gasteiger partial charge on any atom is -0.464 e. The number of methoxy groups -OCH3 is 1. The highest BCUT2D eigenvalue weighted by Crippen LogP contribution is 2.42. The number of aryl methyl sites for hydroxylation is 1. The molecule has 70 valence electrons. The summed E-state index contributed by atoms with van der Waals surface area (Å²) >= 11 is 1.62. The molecule has 0 radical (unpaired) electrons. The van der Waals surface area contributed by atoms with Crippen LogP contribution in [0.25, 0.3) is 0 Å². The predicted octanol–water partition coefficient (Wildman–Crippen LogP) is 2.12. The lowest BCUT2D eigenvalue weighted by Crippen LogP contribution is -2.03. The minimum atomic E-state index is -0.319. The van der Waals surface area contributed by atoms with Crippen LogP contribution in [0.3, 0.4) is 0 Å². The molecule has 0 bridgehead atoms. The molecular formula is C9H11NO2S. The Kier molecular flexibility index (Phi) is 2.07. The molecule has 3 nitrogen and oxygen atoms in total. The zero-order valence-corrected chi connectivity index (χ0v) is 8.48. The first-order valence-corrected chi connectivity index (χ1v) is 5.09. The smallest absolute Gasteiger partial charge is 0.357 e. The van der Waals surface area contributed by atoms with E-state index in [9.17, 15) is 4.79 Å². The number of esters is 1. The van der Waals surface area contributed by atoms with Crippen molar-refractivity contribution in [3.63, 3.8) is 0 Å². The number of rotatable bonds is 2. The fourth-order valence-electron chi connectivity index (χ4n) is 1.21. The highest BCUT2D eigenvalue weighted by atomic mass is 32.1. The van der Waals surface area contributed by atoms with E-state index < -0.39 is 0 Å². The summed E-state index contributed by atoms with van der Waals surface area (Å²) in [4.78, 5) is 16.5. The molecule has 0 amide bonds. The van der Waals surface area contributed by atoms with Crippen LogP contribution < -0.4 is 0 Å². The number of thiazole rings is 1. The van der Waals surface area contributed by atoms with Gasteiger partial charge in [0, 0.05) is 10.8 Å². The van der Waals surface area contributed by atoms with Gasteiger partial charge in [0.1, 0.15) is 0 Å². The maximum atomic E-state index is 11.2. The molecule has 0 aliphatic heterocycles. The van der Waals surface area contributed by atoms with Crippen LogP contribution in [-0.4, -0.2) is 18.1 Å². The highest BCUT2D eigenvalue weighted by Gasteiger charge is 2.29. The standard InChI is InChI=1S/C9H11NO2S/c1-5-7(9(11)12-2)10-8(13-5)6-3-4-6/h6H,3-4H2,1-2H3. The molecule has 1 aromatic rings. The molecule has 1 saturated carbocycles. The van der Waals surface area contributed by atoms with E-state index in [1.807, 2.05) is 6.92 Å². The van der Waals surface area contributed by atoms with Gasteiger partial charge in [0.15, 0.2) is 5.69 Å². The SMILES string of the molecule is COC(=O)c1nc(C2CC2)sc1C. The zero-order chi connectivity index (χ0) is 9.42. The Morgan fingerprint density at radius 1 is 1.62 bits per heavy atom. The van der Waals surface area contributed by atoms with Crippen molar-refractivity contribution >= 4 is 17.3 Å². The molecule has 1 fully saturated rings. The number of hydrogen-bond donors (Lipinski definition) is 0. The summed E-state index contributed by atoms with van der Waals surface area (Å²) in [5.74, 6) is 0.294. The number of carbonyl (C=O) groups is 1. The fraction of sp³-hybridized carbons (Fsp3) is 0.556. The van der Waals surface area contributed by atoms with Gasteiger partial charge in [-0.25, -0.2) is 9.78 Å². The summed E-state index contributed by atoms with van der Waals surface area (Å²) in [6.07, 6.45) is 2.43. The molecule has 1 aromatic heterocycles. The van der Waals surface area contributed by atoms with E-state index in [0.29, 0.717) is 11.6 Å². The Balaban J connectivity index is 2.29. The van der Waals surface area contributed by atoms with Gasteiger partial charge < -0.3 is 4.74 Å². The molecule has 4 heteroatoms. The van der Waals surface area contributed by atoms with Gasteiger partial charge in [-0.2, -0.15) is 0 Å². The van der Waals surface area contributed by atoms with Gasteiger partial charge in [0.25, 0.3) is 0 Å². The average molecular weight is 197 g/mol. The molecule has 0 spiro atoms. The maximum absolute atomic E-state index is 11.2. The molecule has 0 saturated heterocycles. The first kappa shape index (κ1) is 8.69. The van der Waals surface area contributed by atoms with Crippen LogP contribution in [0.5, 0.6) is 0 Å². The molecule has 1 aliphatic rings. The number of hydrogen-bond acceptors (Lipinski definition) is 4. The molecule has 2 rings (SSSR count). The van der Waals surface area contributed by atoms with Crippen molar-refractivity contribution in [1.82, 2.24) is 4.98 Å². The third-order valence-corrected chi connectivity index (χ3v) is 3.25. The van der Waals surface area contributed by atoms with Gasteiger partial charge >= 0.3 is 5.97 Å². The molecule has 0 atom stereocenters. The Morgan fingerprint density at radius 2 is 2.31 bits per heavy atom. The van der Waals surface area contributed by atoms with Crippen LogP contribution in [-0.2, 0) is 4.74 Å². The van der Waals surface area contributed by atoms with E-state index in [2.05, 4.69) is 9.72 Å². The van der Waals surface area contributed by atoms with Crippen molar-refractivity contribution in [2.45, 2.75) is 25.7 Å². The second-order valence-corrected chi connectivity index (χ2v) is 4.46. The van der Waals surface area contributed by atoms with Crippen LogP contribution in [0, 0.1) is 6.92 Å². The monoisotopic (exact) mass is 197 g/mol. The molecular weight excluding hydrogens is 186 g/mol. The van der Waals surface area contributed by atoms with E-state index in [0.717, 1.165) is 9.88 Å². The van der Waals surface area contributed by atoms with E-state index in [1.54, 1.807) is 11.3 Å². The van der Waals surface area contributed by atoms with Crippen molar-refractivity contribution in [2.75, 3.05) is 7.11 Å². The van der Waals surface area contributed by atoms with E-state index in [-0.39, 0.29) is 5.97 Å². The predicted molar refractivity (Wildman–Crippen MR) is 50.2 cm³/mol. The number of nitrogens with zero attached hydrogens (tertiary/aromatic N) is 1. The quantitative estimate of drug-likeness (QED) is 0.682. The van der Waals surface area contributed by atoms with Crippen LogP contribution in [0.15, 0.2) is 0 Å². The molecule has 0 aromatic carbocycles. The van der Waals surface area contributed by atoms with E-state index in [1.165, 1.54) is 20.0 Å². The molecule has 0 unspecified atom stereocenters. The summed E-state index contributed by atoms with van der Waals surface area (Å²) in [6, 6.07) is 0. The van der Waals surface area contributed by atoms with Crippen LogP contribution in [0.2, 0.25) is 0 Å². The van der Waals surface area contributed by atoms with Crippen LogP contribution >= 0.6 is 11.3 Å². The Morgan fingerprint density at radius 3 is 2.85 bits per heavy atom. The summed E-state index contributed by atoms with van der Waals surface area (Å²) in [5, 5.41) is 1.10. The van der Waals surface area contributed by atoms with Crippen molar-refractivity contribution in [3.8, 4) is 0 Å². The topological polar surface area (TPSA) is 39.2 Å². The Hall–Kier alpha value is -0.900. The van der Waals surface area contributed by atoms with Gasteiger partial charge in [-0.15, -0.1) is 11.3 Å². The lowest BCUT2D eigenvalue weighted by atomic mass is 10.4. The van der Waals surface area contributed by atoms with Gasteiger partial charge in [-0.05, 0) is 19.8 Å². The fourth-order valence-corrected chi connectivity index (χ4v) is 2.29. The second kappa shape index (κ2) is 3.10. The van der Waals surface area contributed by atoms with Crippen molar-refractivity contribution in [1.29, 1.82) is 0 Å². The third kappa shape index (κ3) is 1.58. The maximum Gasteiger partial charge on any atom is 0.357 e. The highest BCUT2D eigenvalue weighted by molar-refractivity contribution is 7.12. The zero-order valence-electron chi connectivity index (χ0n) is 7.66. The van der Waals surface area contributed by atoms with Gasteiger partial charge in [-0.1, -0.05) is 0 Å². The first-order chi connectivity index (χ1) is 6.22. The van der Waals surface area contributed by atoms with Gasteiger partial charge in [-0.3, -0.25) is 0 Å². The van der Waals surface area contributed by atoms with Crippen molar-refractivity contribution in [2.24, 2.45) is 0 Å². The molecule has 13 heavy (non-hydrogen) atoms. The molecule has 1 heterocycles. The summed E-state index contributed by atoms with van der Waals surface area (Å²) in [7, 11) is 1.39. The largest absolute Gasteiger partial charge is 0.464 e. The van der Waals surface area contributed by atoms with Gasteiger partial charge in [0.05, 0.1) is 12.1 Å². The van der Waals surface area contributed by atoms with Crippen molar-refractivity contribution in [3.05, 3.63) is 15.6 Å². The lowest BCUT2D eigenvalue weighted by Gasteiger charge is -1.93. The summed E-state index contributed by atoms with van der Waals surface area (Å²) in [5.41, 5.74) is 0.495. The van der Waals surface area contributed by atoms with E-state index >= 15 is 0 Å². The third-order valence-electron chi connectivity index (χ3n) is 2.12. The van der Waals surface area contributed by atoms with Gasteiger partial charge in [0.2, 0.25) is 0 Å². The number of aromatic nitrogens is 1. The Bertz CT molecular complexity index is 341. The minimum absolute atomic E-state index is 0.319. The van der Waals surface area contributed by atoms with Crippen LogP contribution in [0.1, 0.15) is 39.1 Å².